The largest absolute Gasteiger partial charge is 0.369 e. The molecule has 0 spiro atoms. The summed E-state index contributed by atoms with van der Waals surface area (Å²) in [5.74, 6) is 0. The summed E-state index contributed by atoms with van der Waals surface area (Å²) in [5, 5.41) is 4.22. The second-order valence-corrected chi connectivity index (χ2v) is 5.01. The summed E-state index contributed by atoms with van der Waals surface area (Å²) in [4.78, 5) is 2.34. The van der Waals surface area contributed by atoms with Crippen LogP contribution in [0.4, 0.5) is 5.69 Å². The molecule has 2 rings (SSSR count). The van der Waals surface area contributed by atoms with E-state index in [2.05, 4.69) is 32.2 Å². The van der Waals surface area contributed by atoms with E-state index in [-0.39, 0.29) is 0 Å². The average molecular weight is 290 g/mol. The monoisotopic (exact) mass is 288 g/mol. The Bertz CT molecular complexity index is 335. The lowest BCUT2D eigenvalue weighted by atomic mass is 10.2. The molecule has 4 heteroatoms. The number of hydrogen-bond acceptors (Lipinski definition) is 2. The van der Waals surface area contributed by atoms with Crippen molar-refractivity contribution < 1.29 is 0 Å². The van der Waals surface area contributed by atoms with Gasteiger partial charge in [-0.15, -0.1) is 0 Å². The summed E-state index contributed by atoms with van der Waals surface area (Å²) in [6, 6.07) is 6.01. The Balaban J connectivity index is 2.22. The van der Waals surface area contributed by atoms with Gasteiger partial charge >= 0.3 is 0 Å². The SMILES string of the molecule is Clc1ccc(Br)cc1N1CCCNCC1. The lowest BCUT2D eigenvalue weighted by molar-refractivity contribution is 0.724. The fourth-order valence-corrected chi connectivity index (χ4v) is 2.40. The highest BCUT2D eigenvalue weighted by molar-refractivity contribution is 9.10. The predicted octanol–water partition coefficient (Wildman–Crippen LogP) is 2.90. The molecule has 0 saturated carbocycles. The summed E-state index contributed by atoms with van der Waals surface area (Å²) >= 11 is 9.68. The molecule has 15 heavy (non-hydrogen) atoms. The van der Waals surface area contributed by atoms with Gasteiger partial charge in [-0.1, -0.05) is 27.5 Å². The molecule has 82 valence electrons. The fraction of sp³-hybridized carbons (Fsp3) is 0.455. The highest BCUT2D eigenvalue weighted by atomic mass is 79.9. The van der Waals surface area contributed by atoms with Crippen molar-refractivity contribution in [1.82, 2.24) is 5.32 Å². The molecule has 0 amide bonds. The van der Waals surface area contributed by atoms with Gasteiger partial charge in [-0.05, 0) is 31.2 Å². The fourth-order valence-electron chi connectivity index (χ4n) is 1.81. The molecule has 0 atom stereocenters. The molecule has 0 bridgehead atoms. The Morgan fingerprint density at radius 3 is 3.00 bits per heavy atom. The topological polar surface area (TPSA) is 15.3 Å². The molecule has 0 aliphatic carbocycles. The summed E-state index contributed by atoms with van der Waals surface area (Å²) in [6.07, 6.45) is 1.17. The zero-order chi connectivity index (χ0) is 10.7. The van der Waals surface area contributed by atoms with E-state index >= 15 is 0 Å². The number of halogens is 2. The second-order valence-electron chi connectivity index (χ2n) is 3.69. The summed E-state index contributed by atoms with van der Waals surface area (Å²) in [6.45, 7) is 4.23. The van der Waals surface area contributed by atoms with Crippen molar-refractivity contribution >= 4 is 33.2 Å². The highest BCUT2D eigenvalue weighted by Crippen LogP contribution is 2.29. The Morgan fingerprint density at radius 2 is 2.13 bits per heavy atom. The lowest BCUT2D eigenvalue weighted by Crippen LogP contribution is -2.28. The van der Waals surface area contributed by atoms with E-state index in [1.165, 1.54) is 6.42 Å². The van der Waals surface area contributed by atoms with E-state index in [1.54, 1.807) is 0 Å². The van der Waals surface area contributed by atoms with E-state index in [0.29, 0.717) is 0 Å². The van der Waals surface area contributed by atoms with Crippen molar-refractivity contribution in [2.24, 2.45) is 0 Å². The Kier molecular flexibility index (Phi) is 3.89. The quantitative estimate of drug-likeness (QED) is 0.855. The van der Waals surface area contributed by atoms with Gasteiger partial charge in [-0.3, -0.25) is 0 Å². The van der Waals surface area contributed by atoms with Crippen molar-refractivity contribution in [2.45, 2.75) is 6.42 Å². The van der Waals surface area contributed by atoms with Crippen molar-refractivity contribution in [3.63, 3.8) is 0 Å². The van der Waals surface area contributed by atoms with Crippen LogP contribution < -0.4 is 10.2 Å². The highest BCUT2D eigenvalue weighted by Gasteiger charge is 2.12. The molecular weight excluding hydrogens is 275 g/mol. The number of benzene rings is 1. The van der Waals surface area contributed by atoms with Crippen molar-refractivity contribution in [2.75, 3.05) is 31.1 Å². The van der Waals surface area contributed by atoms with E-state index in [1.807, 2.05) is 12.1 Å². The molecule has 2 nitrogen and oxygen atoms in total. The number of nitrogens with one attached hydrogen (secondary N) is 1. The number of nitrogens with zero attached hydrogens (tertiary/aromatic N) is 1. The molecule has 0 aromatic heterocycles. The van der Waals surface area contributed by atoms with Crippen LogP contribution in [0.1, 0.15) is 6.42 Å². The number of hydrogen-bond donors (Lipinski definition) is 1. The first-order valence-corrected chi connectivity index (χ1v) is 6.35. The van der Waals surface area contributed by atoms with Gasteiger partial charge in [0.1, 0.15) is 0 Å². The summed E-state index contributed by atoms with van der Waals surface area (Å²) in [5.41, 5.74) is 1.13. The zero-order valence-electron chi connectivity index (χ0n) is 8.47. The van der Waals surface area contributed by atoms with Crippen molar-refractivity contribution in [3.8, 4) is 0 Å². The summed E-state index contributed by atoms with van der Waals surface area (Å²) < 4.78 is 1.08. The first-order chi connectivity index (χ1) is 7.27. The van der Waals surface area contributed by atoms with Gasteiger partial charge < -0.3 is 10.2 Å². The Hall–Kier alpha value is -0.250. The molecule has 0 radical (unpaired) electrons. The molecule has 1 fully saturated rings. The third kappa shape index (κ3) is 2.86. The minimum absolute atomic E-state index is 0.833. The Labute approximate surface area is 104 Å². The van der Waals surface area contributed by atoms with Gasteiger partial charge in [0.15, 0.2) is 0 Å². The predicted molar refractivity (Wildman–Crippen MR) is 68.9 cm³/mol. The molecule has 1 aromatic rings. The molecular formula is C11H14BrClN2. The maximum atomic E-state index is 6.20. The van der Waals surface area contributed by atoms with Crippen LogP contribution in [0.2, 0.25) is 5.02 Å². The second kappa shape index (κ2) is 5.19. The van der Waals surface area contributed by atoms with Crippen LogP contribution in [0.25, 0.3) is 0 Å². The third-order valence-electron chi connectivity index (χ3n) is 2.59. The molecule has 1 heterocycles. The standard InChI is InChI=1S/C11H14BrClN2/c12-9-2-3-10(13)11(8-9)15-6-1-4-14-5-7-15/h2-3,8,14H,1,4-7H2. The minimum atomic E-state index is 0.833. The van der Waals surface area contributed by atoms with Crippen molar-refractivity contribution in [1.29, 1.82) is 0 Å². The molecule has 1 aromatic carbocycles. The van der Waals surface area contributed by atoms with Crippen LogP contribution in [0.15, 0.2) is 22.7 Å². The summed E-state index contributed by atoms with van der Waals surface area (Å²) in [7, 11) is 0. The van der Waals surface area contributed by atoms with Crippen LogP contribution in [0, 0.1) is 0 Å². The first kappa shape index (κ1) is 11.2. The maximum Gasteiger partial charge on any atom is 0.0640 e. The van der Waals surface area contributed by atoms with Gasteiger partial charge in [-0.2, -0.15) is 0 Å². The zero-order valence-corrected chi connectivity index (χ0v) is 10.8. The third-order valence-corrected chi connectivity index (χ3v) is 3.40. The van der Waals surface area contributed by atoms with Crippen LogP contribution >= 0.6 is 27.5 Å². The molecule has 1 N–H and O–H groups in total. The number of rotatable bonds is 1. The normalized spacial score (nSPS) is 17.6. The average Bonchev–Trinajstić information content (AvgIpc) is 2.50. The van der Waals surface area contributed by atoms with Gasteiger partial charge in [0.05, 0.1) is 10.7 Å². The van der Waals surface area contributed by atoms with Crippen LogP contribution in [-0.2, 0) is 0 Å². The van der Waals surface area contributed by atoms with Crippen LogP contribution in [0.5, 0.6) is 0 Å². The first-order valence-electron chi connectivity index (χ1n) is 5.18. The van der Waals surface area contributed by atoms with E-state index in [4.69, 9.17) is 11.6 Å². The van der Waals surface area contributed by atoms with Crippen molar-refractivity contribution in [3.05, 3.63) is 27.7 Å². The molecule has 1 aliphatic rings. The molecule has 0 unspecified atom stereocenters. The minimum Gasteiger partial charge on any atom is -0.369 e. The van der Waals surface area contributed by atoms with E-state index < -0.39 is 0 Å². The molecule has 1 aliphatic heterocycles. The smallest absolute Gasteiger partial charge is 0.0640 e. The van der Waals surface area contributed by atoms with Gasteiger partial charge in [0.25, 0.3) is 0 Å². The molecule has 1 saturated heterocycles. The van der Waals surface area contributed by atoms with Gasteiger partial charge in [-0.25, -0.2) is 0 Å². The number of anilines is 1. The van der Waals surface area contributed by atoms with E-state index in [9.17, 15) is 0 Å². The van der Waals surface area contributed by atoms with Crippen LogP contribution in [0.3, 0.4) is 0 Å². The van der Waals surface area contributed by atoms with Gasteiger partial charge in [0.2, 0.25) is 0 Å². The van der Waals surface area contributed by atoms with E-state index in [0.717, 1.165) is 41.4 Å². The van der Waals surface area contributed by atoms with Gasteiger partial charge in [0, 0.05) is 24.1 Å². The maximum absolute atomic E-state index is 6.20. The Morgan fingerprint density at radius 1 is 1.27 bits per heavy atom. The lowest BCUT2D eigenvalue weighted by Gasteiger charge is -2.23. The van der Waals surface area contributed by atoms with Crippen LogP contribution in [-0.4, -0.2) is 26.2 Å².